The molecule has 12 heavy (non-hydrogen) atoms. The summed E-state index contributed by atoms with van der Waals surface area (Å²) in [6, 6.07) is 0. The first-order valence-electron chi connectivity index (χ1n) is 5.02. The van der Waals surface area contributed by atoms with Gasteiger partial charge in [-0.05, 0) is 18.8 Å². The maximum Gasteiger partial charge on any atom is 0.109 e. The fourth-order valence-electron chi connectivity index (χ4n) is 0.510. The van der Waals surface area contributed by atoms with Crippen LogP contribution in [0.25, 0.3) is 0 Å². The van der Waals surface area contributed by atoms with Crippen molar-refractivity contribution in [2.75, 3.05) is 13.2 Å². The molecule has 1 rings (SSSR count). The molecule has 0 aromatic rings. The van der Waals surface area contributed by atoms with Gasteiger partial charge < -0.3 is 4.74 Å². The zero-order chi connectivity index (χ0) is 9.61. The van der Waals surface area contributed by atoms with Gasteiger partial charge in [0.1, 0.15) is 7.85 Å². The molecule has 0 radical (unpaired) electrons. The van der Waals surface area contributed by atoms with Crippen LogP contribution in [0.15, 0.2) is 0 Å². The Morgan fingerprint density at radius 3 is 1.58 bits per heavy atom. The van der Waals surface area contributed by atoms with Crippen molar-refractivity contribution in [1.29, 1.82) is 0 Å². The van der Waals surface area contributed by atoms with E-state index in [0.717, 1.165) is 19.1 Å². The van der Waals surface area contributed by atoms with Crippen molar-refractivity contribution >= 4 is 7.85 Å². The van der Waals surface area contributed by atoms with Gasteiger partial charge >= 0.3 is 0 Å². The van der Waals surface area contributed by atoms with E-state index in [1.165, 1.54) is 12.8 Å². The Morgan fingerprint density at radius 1 is 1.17 bits per heavy atom. The van der Waals surface area contributed by atoms with Crippen LogP contribution in [0, 0.1) is 5.92 Å². The van der Waals surface area contributed by atoms with Crippen LogP contribution < -0.4 is 0 Å². The molecule has 0 unspecified atom stereocenters. The molecular weight excluding hydrogens is 147 g/mol. The Kier molecular flexibility index (Phi) is 5.64. The van der Waals surface area contributed by atoms with Gasteiger partial charge in [0, 0.05) is 13.2 Å². The van der Waals surface area contributed by atoms with Gasteiger partial charge in [0.05, 0.1) is 0 Å². The lowest BCUT2D eigenvalue weighted by molar-refractivity contribution is 0.198. The van der Waals surface area contributed by atoms with Crippen molar-refractivity contribution in [3.8, 4) is 0 Å². The Hall–Kier alpha value is 0.0249. The number of ether oxygens (including phenoxy) is 1. The number of rotatable bonds is 1. The van der Waals surface area contributed by atoms with Crippen molar-refractivity contribution in [2.24, 2.45) is 5.92 Å². The summed E-state index contributed by atoms with van der Waals surface area (Å²) in [6.07, 6.45) is 2.56. The fraction of sp³-hybridized carbons (Fsp3) is 1.00. The van der Waals surface area contributed by atoms with Gasteiger partial charge in [0.25, 0.3) is 0 Å². The molecule has 72 valence electrons. The maximum absolute atomic E-state index is 4.94. The minimum atomic E-state index is 0.500. The normalized spacial score (nSPS) is 17.4. The minimum absolute atomic E-state index is 0.500. The van der Waals surface area contributed by atoms with Crippen molar-refractivity contribution in [3.05, 3.63) is 0 Å². The molecule has 1 nitrogen and oxygen atoms in total. The van der Waals surface area contributed by atoms with Gasteiger partial charge in [-0.3, -0.25) is 0 Å². The van der Waals surface area contributed by atoms with Crippen LogP contribution in [-0.2, 0) is 4.74 Å². The van der Waals surface area contributed by atoms with Crippen LogP contribution in [0.2, 0.25) is 5.31 Å². The largest absolute Gasteiger partial charge is 0.381 e. The van der Waals surface area contributed by atoms with Gasteiger partial charge in [-0.2, -0.15) is 0 Å². The molecule has 1 aliphatic rings. The van der Waals surface area contributed by atoms with E-state index in [-0.39, 0.29) is 0 Å². The van der Waals surface area contributed by atoms with Crippen LogP contribution in [0.3, 0.4) is 0 Å². The Morgan fingerprint density at radius 2 is 1.50 bits per heavy atom. The molecule has 0 atom stereocenters. The van der Waals surface area contributed by atoms with Gasteiger partial charge in [0.15, 0.2) is 0 Å². The minimum Gasteiger partial charge on any atom is -0.381 e. The Labute approximate surface area is 78.3 Å². The quantitative estimate of drug-likeness (QED) is 0.548. The zero-order valence-electron chi connectivity index (χ0n) is 9.31. The highest BCUT2D eigenvalue weighted by molar-refractivity contribution is 6.14. The van der Waals surface area contributed by atoms with Gasteiger partial charge in [0.2, 0.25) is 0 Å². The molecule has 0 saturated carbocycles. The lowest BCUT2D eigenvalue weighted by Crippen LogP contribution is -2.09. The van der Waals surface area contributed by atoms with Crippen LogP contribution in [-0.4, -0.2) is 21.1 Å². The summed E-state index contributed by atoms with van der Waals surface area (Å²) in [6.45, 7) is 11.0. The summed E-state index contributed by atoms with van der Waals surface area (Å²) in [5.74, 6) is 0.799. The monoisotopic (exact) mass is 170 g/mol. The average molecular weight is 170 g/mol. The van der Waals surface area contributed by atoms with Crippen molar-refractivity contribution in [1.82, 2.24) is 0 Å². The second-order valence-electron chi connectivity index (χ2n) is 4.84. The number of hydrogen-bond acceptors (Lipinski definition) is 1. The van der Waals surface area contributed by atoms with Crippen LogP contribution in [0.5, 0.6) is 0 Å². The van der Waals surface area contributed by atoms with Crippen LogP contribution in [0.4, 0.5) is 0 Å². The molecule has 0 N–H and O–H groups in total. The molecule has 2 heteroatoms. The topological polar surface area (TPSA) is 9.23 Å². The Bertz CT molecular complexity index is 93.3. The summed E-state index contributed by atoms with van der Waals surface area (Å²) in [7, 11) is 2.26. The van der Waals surface area contributed by atoms with E-state index < -0.39 is 0 Å². The van der Waals surface area contributed by atoms with E-state index in [0.29, 0.717) is 5.31 Å². The summed E-state index contributed by atoms with van der Waals surface area (Å²) in [4.78, 5) is 0. The molecular formula is C10H23BO. The molecule has 0 aromatic carbocycles. The standard InChI is InChI=1S/C6H15B.C4H8O/c1-5(2)6(3,4)7;1-2-4-5-3-1/h5H,7H2,1-4H3;1-4H2. The third-order valence-electron chi connectivity index (χ3n) is 2.56. The summed E-state index contributed by atoms with van der Waals surface area (Å²) in [5.41, 5.74) is 0. The van der Waals surface area contributed by atoms with Crippen molar-refractivity contribution in [3.63, 3.8) is 0 Å². The van der Waals surface area contributed by atoms with E-state index in [1.54, 1.807) is 0 Å². The lowest BCUT2D eigenvalue weighted by atomic mass is 9.65. The van der Waals surface area contributed by atoms with E-state index in [9.17, 15) is 0 Å². The first kappa shape index (κ1) is 12.0. The third-order valence-corrected chi connectivity index (χ3v) is 2.56. The van der Waals surface area contributed by atoms with Crippen LogP contribution in [0.1, 0.15) is 40.5 Å². The highest BCUT2D eigenvalue weighted by Crippen LogP contribution is 2.28. The smallest absolute Gasteiger partial charge is 0.109 e. The molecule has 0 spiro atoms. The highest BCUT2D eigenvalue weighted by Gasteiger charge is 2.13. The lowest BCUT2D eigenvalue weighted by Gasteiger charge is -2.22. The van der Waals surface area contributed by atoms with Crippen molar-refractivity contribution < 1.29 is 4.74 Å². The van der Waals surface area contributed by atoms with Gasteiger partial charge in [-0.15, -0.1) is 0 Å². The highest BCUT2D eigenvalue weighted by atomic mass is 16.5. The third kappa shape index (κ3) is 6.72. The zero-order valence-corrected chi connectivity index (χ0v) is 9.31. The predicted molar refractivity (Wildman–Crippen MR) is 57.5 cm³/mol. The molecule has 0 bridgehead atoms. The predicted octanol–water partition coefficient (Wildman–Crippen LogP) is 2.27. The second kappa shape index (κ2) is 5.63. The summed E-state index contributed by atoms with van der Waals surface area (Å²) >= 11 is 0. The first-order chi connectivity index (χ1) is 5.44. The molecule has 0 amide bonds. The molecule has 0 aromatic heterocycles. The van der Waals surface area contributed by atoms with E-state index in [1.807, 2.05) is 0 Å². The first-order valence-corrected chi connectivity index (χ1v) is 5.02. The van der Waals surface area contributed by atoms with Gasteiger partial charge in [-0.25, -0.2) is 0 Å². The van der Waals surface area contributed by atoms with E-state index in [4.69, 9.17) is 4.74 Å². The molecule has 1 fully saturated rings. The molecule has 0 aliphatic carbocycles. The SMILES string of the molecule is BC(C)(C)C(C)C.C1CCOC1. The second-order valence-corrected chi connectivity index (χ2v) is 4.84. The fourth-order valence-corrected chi connectivity index (χ4v) is 0.510. The molecule has 1 heterocycles. The van der Waals surface area contributed by atoms with Gasteiger partial charge in [-0.1, -0.05) is 33.0 Å². The average Bonchev–Trinajstić information content (AvgIpc) is 2.39. The molecule has 1 aliphatic heterocycles. The van der Waals surface area contributed by atoms with Crippen LogP contribution >= 0.6 is 0 Å². The van der Waals surface area contributed by atoms with E-state index >= 15 is 0 Å². The summed E-state index contributed by atoms with van der Waals surface area (Å²) < 4.78 is 4.94. The number of hydrogen-bond donors (Lipinski definition) is 0. The summed E-state index contributed by atoms with van der Waals surface area (Å²) in [5, 5.41) is 0.500. The van der Waals surface area contributed by atoms with E-state index in [2.05, 4.69) is 35.5 Å². The molecule has 1 saturated heterocycles. The Balaban J connectivity index is 0.000000211. The maximum atomic E-state index is 4.94. The van der Waals surface area contributed by atoms with Crippen molar-refractivity contribution in [2.45, 2.75) is 45.9 Å².